The molecule has 7 nitrogen and oxygen atoms in total. The Labute approximate surface area is 147 Å². The van der Waals surface area contributed by atoms with E-state index in [0.29, 0.717) is 51.5 Å². The predicted molar refractivity (Wildman–Crippen MR) is 90.7 cm³/mol. The molecule has 2 N–H and O–H groups in total. The number of aryl methyl sites for hydroxylation is 1. The minimum Gasteiger partial charge on any atom is -0.445 e. The lowest BCUT2D eigenvalue weighted by Crippen LogP contribution is -2.48. The molecule has 2 saturated heterocycles. The first-order valence-corrected chi connectivity index (χ1v) is 8.83. The molecule has 1 aromatic heterocycles. The highest BCUT2D eigenvalue weighted by Gasteiger charge is 2.53. The molecule has 138 valence electrons. The molecule has 0 aliphatic carbocycles. The fourth-order valence-electron chi connectivity index (χ4n) is 3.69. The van der Waals surface area contributed by atoms with Crippen LogP contribution in [0.1, 0.15) is 45.3 Å². The summed E-state index contributed by atoms with van der Waals surface area (Å²) in [6.07, 6.45) is 3.08. The van der Waals surface area contributed by atoms with E-state index in [2.05, 4.69) is 25.8 Å². The normalized spacial score (nSPS) is 26.5. The minimum absolute atomic E-state index is 0.00284. The fraction of sp³-hybridized carbons (Fsp3) is 0.722. The van der Waals surface area contributed by atoms with Gasteiger partial charge in [0.1, 0.15) is 5.76 Å². The molecule has 25 heavy (non-hydrogen) atoms. The van der Waals surface area contributed by atoms with Crippen molar-refractivity contribution in [1.29, 1.82) is 0 Å². The second-order valence-electron chi connectivity index (χ2n) is 8.18. The number of likely N-dealkylation sites (tertiary alicyclic amines) is 1. The second-order valence-corrected chi connectivity index (χ2v) is 8.18. The van der Waals surface area contributed by atoms with Crippen molar-refractivity contribution in [3.8, 4) is 0 Å². The summed E-state index contributed by atoms with van der Waals surface area (Å²) in [5.74, 6) is 1.07. The standard InChI is InChI=1S/C18H27N3O4/c1-17(2,3)13-8-20-14(25-13)4-5-15(22)21-9-12-10-24-7-6-18(12,11-21)16(19)23/h8,12H,4-7,9-11H2,1-3H3,(H2,19,23)/t12-,18+/m1/s1. The summed E-state index contributed by atoms with van der Waals surface area (Å²) in [5.41, 5.74) is 4.92. The minimum atomic E-state index is -0.629. The highest BCUT2D eigenvalue weighted by Crippen LogP contribution is 2.42. The molecule has 3 rings (SSSR count). The van der Waals surface area contributed by atoms with Gasteiger partial charge in [-0.3, -0.25) is 9.59 Å². The first-order valence-electron chi connectivity index (χ1n) is 8.83. The lowest BCUT2D eigenvalue weighted by Gasteiger charge is -2.34. The molecular formula is C18H27N3O4. The van der Waals surface area contributed by atoms with E-state index in [-0.39, 0.29) is 23.1 Å². The van der Waals surface area contributed by atoms with Crippen molar-refractivity contribution >= 4 is 11.8 Å². The maximum absolute atomic E-state index is 12.6. The van der Waals surface area contributed by atoms with Crippen molar-refractivity contribution in [1.82, 2.24) is 9.88 Å². The maximum atomic E-state index is 12.6. The van der Waals surface area contributed by atoms with Crippen LogP contribution < -0.4 is 5.73 Å². The zero-order chi connectivity index (χ0) is 18.2. The number of oxazole rings is 1. The third-order valence-electron chi connectivity index (χ3n) is 5.40. The average molecular weight is 349 g/mol. The van der Waals surface area contributed by atoms with Gasteiger partial charge < -0.3 is 19.8 Å². The van der Waals surface area contributed by atoms with E-state index in [1.165, 1.54) is 0 Å². The van der Waals surface area contributed by atoms with Gasteiger partial charge in [-0.25, -0.2) is 4.98 Å². The molecule has 0 spiro atoms. The third-order valence-corrected chi connectivity index (χ3v) is 5.40. The van der Waals surface area contributed by atoms with Crippen LogP contribution in [0.2, 0.25) is 0 Å². The number of carbonyl (C=O) groups is 2. The van der Waals surface area contributed by atoms with Crippen LogP contribution >= 0.6 is 0 Å². The van der Waals surface area contributed by atoms with Crippen molar-refractivity contribution in [2.75, 3.05) is 26.3 Å². The summed E-state index contributed by atoms with van der Waals surface area (Å²) in [4.78, 5) is 30.6. The number of amides is 2. The number of nitrogens with two attached hydrogens (primary N) is 1. The number of fused-ring (bicyclic) bond motifs is 1. The van der Waals surface area contributed by atoms with Crippen LogP contribution in [0.5, 0.6) is 0 Å². The molecule has 2 aliphatic heterocycles. The van der Waals surface area contributed by atoms with E-state index in [1.807, 2.05) is 0 Å². The molecule has 2 aliphatic rings. The van der Waals surface area contributed by atoms with E-state index in [9.17, 15) is 9.59 Å². The second kappa shape index (κ2) is 6.44. The lowest BCUT2D eigenvalue weighted by atomic mass is 9.74. The summed E-state index contributed by atoms with van der Waals surface area (Å²) >= 11 is 0. The van der Waals surface area contributed by atoms with Crippen molar-refractivity contribution in [2.45, 2.75) is 45.4 Å². The summed E-state index contributed by atoms with van der Waals surface area (Å²) in [5, 5.41) is 0. The van der Waals surface area contributed by atoms with Gasteiger partial charge in [-0.15, -0.1) is 0 Å². The number of aromatic nitrogens is 1. The molecule has 0 radical (unpaired) electrons. The van der Waals surface area contributed by atoms with Gasteiger partial charge in [0.05, 0.1) is 18.2 Å². The number of nitrogens with zero attached hydrogens (tertiary/aromatic N) is 2. The van der Waals surface area contributed by atoms with E-state index in [4.69, 9.17) is 14.9 Å². The van der Waals surface area contributed by atoms with Gasteiger partial charge in [-0.05, 0) is 6.42 Å². The molecule has 1 aromatic rings. The summed E-state index contributed by atoms with van der Waals surface area (Å²) in [7, 11) is 0. The molecule has 0 aromatic carbocycles. The van der Waals surface area contributed by atoms with Crippen LogP contribution in [0.3, 0.4) is 0 Å². The molecule has 3 heterocycles. The van der Waals surface area contributed by atoms with Gasteiger partial charge in [0, 0.05) is 43.9 Å². The predicted octanol–water partition coefficient (Wildman–Crippen LogP) is 1.26. The molecule has 0 saturated carbocycles. The molecular weight excluding hydrogens is 322 g/mol. The van der Waals surface area contributed by atoms with Crippen LogP contribution in [0.15, 0.2) is 10.6 Å². The topological polar surface area (TPSA) is 98.7 Å². The van der Waals surface area contributed by atoms with Gasteiger partial charge in [-0.1, -0.05) is 20.8 Å². The first-order chi connectivity index (χ1) is 11.7. The quantitative estimate of drug-likeness (QED) is 0.882. The Balaban J connectivity index is 1.61. The SMILES string of the molecule is CC(C)(C)c1cnc(CCC(=O)N2C[C@@H]3COCC[C@]3(C(N)=O)C2)o1. The zero-order valence-electron chi connectivity index (χ0n) is 15.2. The number of rotatable bonds is 4. The largest absolute Gasteiger partial charge is 0.445 e. The molecule has 0 unspecified atom stereocenters. The number of ether oxygens (including phenoxy) is 1. The molecule has 0 bridgehead atoms. The van der Waals surface area contributed by atoms with Crippen LogP contribution in [-0.2, 0) is 26.2 Å². The van der Waals surface area contributed by atoms with Crippen molar-refractivity contribution in [2.24, 2.45) is 17.1 Å². The van der Waals surface area contributed by atoms with Gasteiger partial charge in [-0.2, -0.15) is 0 Å². The Morgan fingerprint density at radius 2 is 2.20 bits per heavy atom. The maximum Gasteiger partial charge on any atom is 0.225 e. The highest BCUT2D eigenvalue weighted by atomic mass is 16.5. The molecule has 7 heteroatoms. The van der Waals surface area contributed by atoms with Crippen molar-refractivity contribution in [3.05, 3.63) is 17.8 Å². The zero-order valence-corrected chi connectivity index (χ0v) is 15.2. The average Bonchev–Trinajstić information content (AvgIpc) is 3.17. The molecule has 2 atom stereocenters. The van der Waals surface area contributed by atoms with Crippen LogP contribution in [0.4, 0.5) is 0 Å². The number of primary amides is 1. The smallest absolute Gasteiger partial charge is 0.225 e. The Bertz CT molecular complexity index is 664. The van der Waals surface area contributed by atoms with E-state index in [1.54, 1.807) is 11.1 Å². The fourth-order valence-corrected chi connectivity index (χ4v) is 3.69. The molecule has 2 fully saturated rings. The van der Waals surface area contributed by atoms with E-state index in [0.717, 1.165) is 5.76 Å². The Morgan fingerprint density at radius 3 is 2.80 bits per heavy atom. The van der Waals surface area contributed by atoms with Crippen molar-refractivity contribution < 1.29 is 18.7 Å². The Morgan fingerprint density at radius 1 is 1.44 bits per heavy atom. The Hall–Kier alpha value is -1.89. The van der Waals surface area contributed by atoms with Crippen molar-refractivity contribution in [3.63, 3.8) is 0 Å². The van der Waals surface area contributed by atoms with Gasteiger partial charge in [0.25, 0.3) is 0 Å². The van der Waals surface area contributed by atoms with Crippen LogP contribution in [-0.4, -0.2) is 48.0 Å². The number of hydrogen-bond acceptors (Lipinski definition) is 5. The lowest BCUT2D eigenvalue weighted by molar-refractivity contribution is -0.136. The summed E-state index contributed by atoms with van der Waals surface area (Å²) in [6.45, 7) is 8.10. The van der Waals surface area contributed by atoms with Gasteiger partial charge in [0.15, 0.2) is 5.89 Å². The third kappa shape index (κ3) is 3.42. The monoisotopic (exact) mass is 349 g/mol. The highest BCUT2D eigenvalue weighted by molar-refractivity contribution is 5.84. The Kier molecular flexibility index (Phi) is 4.62. The first kappa shape index (κ1) is 17.9. The number of carbonyl (C=O) groups excluding carboxylic acids is 2. The van der Waals surface area contributed by atoms with Crippen LogP contribution in [0, 0.1) is 11.3 Å². The summed E-state index contributed by atoms with van der Waals surface area (Å²) < 4.78 is 11.2. The van der Waals surface area contributed by atoms with E-state index >= 15 is 0 Å². The summed E-state index contributed by atoms with van der Waals surface area (Å²) in [6, 6.07) is 0. The van der Waals surface area contributed by atoms with E-state index < -0.39 is 5.41 Å². The van der Waals surface area contributed by atoms with Gasteiger partial charge >= 0.3 is 0 Å². The molecule has 2 amide bonds. The van der Waals surface area contributed by atoms with Gasteiger partial charge in [0.2, 0.25) is 11.8 Å². The number of hydrogen-bond donors (Lipinski definition) is 1. The van der Waals surface area contributed by atoms with Crippen LogP contribution in [0.25, 0.3) is 0 Å².